The number of nitro benzene ring substituents is 1. The first-order valence-electron chi connectivity index (χ1n) is 6.06. The van der Waals surface area contributed by atoms with Gasteiger partial charge in [-0.3, -0.25) is 10.1 Å². The molecule has 1 fully saturated rings. The zero-order valence-corrected chi connectivity index (χ0v) is 11.2. The van der Waals surface area contributed by atoms with Crippen molar-refractivity contribution >= 4 is 28.8 Å². The molecule has 5 nitrogen and oxygen atoms in total. The molecule has 1 aliphatic rings. The second-order valence-electron chi connectivity index (χ2n) is 4.12. The number of nitro groups is 1. The van der Waals surface area contributed by atoms with Crippen LogP contribution in [0.1, 0.15) is 6.92 Å². The van der Waals surface area contributed by atoms with E-state index in [2.05, 4.69) is 10.2 Å². The number of hydrogen-bond donors (Lipinski definition) is 1. The maximum atomic E-state index is 10.9. The average Bonchev–Trinajstić information content (AvgIpc) is 2.40. The van der Waals surface area contributed by atoms with Crippen LogP contribution in [-0.2, 0) is 0 Å². The lowest BCUT2D eigenvalue weighted by Crippen LogP contribution is -2.32. The number of anilines is 2. The zero-order valence-electron chi connectivity index (χ0n) is 10.4. The Morgan fingerprint density at radius 1 is 1.39 bits per heavy atom. The van der Waals surface area contributed by atoms with Crippen LogP contribution in [0, 0.1) is 10.1 Å². The Morgan fingerprint density at radius 2 is 2.11 bits per heavy atom. The molecule has 0 unspecified atom stereocenters. The van der Waals surface area contributed by atoms with Crippen molar-refractivity contribution in [3.8, 4) is 0 Å². The molecule has 0 radical (unpaired) electrons. The van der Waals surface area contributed by atoms with Crippen LogP contribution in [0.4, 0.5) is 17.1 Å². The fraction of sp³-hybridized carbons (Fsp3) is 0.500. The Labute approximate surface area is 111 Å². The molecule has 1 aromatic carbocycles. The summed E-state index contributed by atoms with van der Waals surface area (Å²) in [6, 6.07) is 5.25. The molecule has 0 atom stereocenters. The Kier molecular flexibility index (Phi) is 4.30. The van der Waals surface area contributed by atoms with Gasteiger partial charge in [-0.15, -0.1) is 0 Å². The summed E-state index contributed by atoms with van der Waals surface area (Å²) in [4.78, 5) is 12.8. The lowest BCUT2D eigenvalue weighted by atomic mass is 10.2. The minimum Gasteiger partial charge on any atom is -0.385 e. The van der Waals surface area contributed by atoms with Crippen molar-refractivity contribution in [3.63, 3.8) is 0 Å². The molecule has 18 heavy (non-hydrogen) atoms. The highest BCUT2D eigenvalue weighted by Gasteiger charge is 2.16. The normalized spacial score (nSPS) is 15.5. The predicted molar refractivity (Wildman–Crippen MR) is 76.8 cm³/mol. The Bertz CT molecular complexity index is 433. The maximum Gasteiger partial charge on any atom is 0.273 e. The molecular formula is C12H17N3O2S. The number of nitrogens with one attached hydrogen (secondary N) is 1. The number of nitrogens with zero attached hydrogens (tertiary/aromatic N) is 2. The number of hydrogen-bond acceptors (Lipinski definition) is 5. The zero-order chi connectivity index (χ0) is 13.0. The number of rotatable bonds is 4. The van der Waals surface area contributed by atoms with Gasteiger partial charge < -0.3 is 10.2 Å². The van der Waals surface area contributed by atoms with Crippen LogP contribution in [0.2, 0.25) is 0 Å². The third kappa shape index (κ3) is 3.07. The van der Waals surface area contributed by atoms with E-state index in [1.807, 2.05) is 24.8 Å². The first-order chi connectivity index (χ1) is 8.70. The van der Waals surface area contributed by atoms with Crippen LogP contribution in [0.5, 0.6) is 0 Å². The summed E-state index contributed by atoms with van der Waals surface area (Å²) in [5.74, 6) is 2.17. The van der Waals surface area contributed by atoms with Gasteiger partial charge in [-0.25, -0.2) is 0 Å². The van der Waals surface area contributed by atoms with E-state index in [4.69, 9.17) is 0 Å². The highest BCUT2D eigenvalue weighted by atomic mass is 32.2. The van der Waals surface area contributed by atoms with Gasteiger partial charge in [0.15, 0.2) is 0 Å². The standard InChI is InChI=1S/C12H17N3O2S/c1-2-13-10-7-11(9-12(8-10)15(16)17)14-3-5-18-6-4-14/h7-9,13H,2-6H2,1H3. The van der Waals surface area contributed by atoms with Crippen molar-refractivity contribution in [2.75, 3.05) is 41.4 Å². The second-order valence-corrected chi connectivity index (χ2v) is 5.35. The monoisotopic (exact) mass is 267 g/mol. The van der Waals surface area contributed by atoms with Crippen LogP contribution in [-0.4, -0.2) is 36.1 Å². The van der Waals surface area contributed by atoms with E-state index in [0.29, 0.717) is 0 Å². The Hall–Kier alpha value is -1.43. The minimum absolute atomic E-state index is 0.154. The van der Waals surface area contributed by atoms with E-state index in [-0.39, 0.29) is 10.6 Å². The molecule has 2 rings (SSSR count). The van der Waals surface area contributed by atoms with Crippen molar-refractivity contribution in [1.29, 1.82) is 0 Å². The first kappa shape index (κ1) is 13.0. The summed E-state index contributed by atoms with van der Waals surface area (Å²) < 4.78 is 0. The van der Waals surface area contributed by atoms with Crippen LogP contribution < -0.4 is 10.2 Å². The van der Waals surface area contributed by atoms with Gasteiger partial charge in [0, 0.05) is 54.6 Å². The lowest BCUT2D eigenvalue weighted by molar-refractivity contribution is -0.384. The third-order valence-corrected chi connectivity index (χ3v) is 3.81. The van der Waals surface area contributed by atoms with Gasteiger partial charge in [0.25, 0.3) is 5.69 Å². The van der Waals surface area contributed by atoms with Crippen molar-refractivity contribution in [2.24, 2.45) is 0 Å². The van der Waals surface area contributed by atoms with Crippen LogP contribution in [0.25, 0.3) is 0 Å². The van der Waals surface area contributed by atoms with Crippen LogP contribution >= 0.6 is 11.8 Å². The highest BCUT2D eigenvalue weighted by molar-refractivity contribution is 7.99. The van der Waals surface area contributed by atoms with Crippen molar-refractivity contribution in [3.05, 3.63) is 28.3 Å². The smallest absolute Gasteiger partial charge is 0.273 e. The van der Waals surface area contributed by atoms with E-state index >= 15 is 0 Å². The van der Waals surface area contributed by atoms with Crippen molar-refractivity contribution in [1.82, 2.24) is 0 Å². The third-order valence-electron chi connectivity index (χ3n) is 2.87. The van der Waals surface area contributed by atoms with E-state index in [9.17, 15) is 10.1 Å². The fourth-order valence-electron chi connectivity index (χ4n) is 2.01. The molecule has 1 aromatic rings. The summed E-state index contributed by atoms with van der Waals surface area (Å²) >= 11 is 1.93. The molecular weight excluding hydrogens is 250 g/mol. The average molecular weight is 267 g/mol. The highest BCUT2D eigenvalue weighted by Crippen LogP contribution is 2.28. The molecule has 1 N–H and O–H groups in total. The summed E-state index contributed by atoms with van der Waals surface area (Å²) in [6.07, 6.45) is 0. The molecule has 0 spiro atoms. The lowest BCUT2D eigenvalue weighted by Gasteiger charge is -2.28. The number of benzene rings is 1. The minimum atomic E-state index is -0.330. The summed E-state index contributed by atoms with van der Waals surface area (Å²) in [5.41, 5.74) is 1.92. The van der Waals surface area contributed by atoms with Gasteiger partial charge >= 0.3 is 0 Å². The molecule has 6 heteroatoms. The van der Waals surface area contributed by atoms with Crippen LogP contribution in [0.3, 0.4) is 0 Å². The molecule has 0 aromatic heterocycles. The van der Waals surface area contributed by atoms with E-state index in [0.717, 1.165) is 42.5 Å². The quantitative estimate of drug-likeness (QED) is 0.671. The van der Waals surface area contributed by atoms with Gasteiger partial charge in [0.05, 0.1) is 4.92 Å². The molecule has 0 amide bonds. The van der Waals surface area contributed by atoms with Crippen molar-refractivity contribution in [2.45, 2.75) is 6.92 Å². The van der Waals surface area contributed by atoms with Gasteiger partial charge in [-0.05, 0) is 13.0 Å². The van der Waals surface area contributed by atoms with Gasteiger partial charge in [-0.2, -0.15) is 11.8 Å². The molecule has 1 aliphatic heterocycles. The van der Waals surface area contributed by atoms with Crippen molar-refractivity contribution < 1.29 is 4.92 Å². The fourth-order valence-corrected chi connectivity index (χ4v) is 2.91. The summed E-state index contributed by atoms with van der Waals surface area (Å²) in [5, 5.41) is 14.1. The maximum absolute atomic E-state index is 10.9. The number of thioether (sulfide) groups is 1. The molecule has 1 heterocycles. The molecule has 0 aliphatic carbocycles. The van der Waals surface area contributed by atoms with E-state index in [1.54, 1.807) is 12.1 Å². The van der Waals surface area contributed by atoms with E-state index < -0.39 is 0 Å². The van der Waals surface area contributed by atoms with Gasteiger partial charge in [-0.1, -0.05) is 0 Å². The summed E-state index contributed by atoms with van der Waals surface area (Å²) in [7, 11) is 0. The number of non-ortho nitro benzene ring substituents is 1. The van der Waals surface area contributed by atoms with Gasteiger partial charge in [0.1, 0.15) is 0 Å². The topological polar surface area (TPSA) is 58.4 Å². The SMILES string of the molecule is CCNc1cc(N2CCSCC2)cc([N+](=O)[O-])c1. The largest absolute Gasteiger partial charge is 0.385 e. The summed E-state index contributed by atoms with van der Waals surface area (Å²) in [6.45, 7) is 4.65. The van der Waals surface area contributed by atoms with E-state index in [1.165, 1.54) is 0 Å². The Balaban J connectivity index is 2.29. The predicted octanol–water partition coefficient (Wildman–Crippen LogP) is 2.58. The molecule has 98 valence electrons. The first-order valence-corrected chi connectivity index (χ1v) is 7.22. The van der Waals surface area contributed by atoms with Gasteiger partial charge in [0.2, 0.25) is 0 Å². The second kappa shape index (κ2) is 5.95. The Morgan fingerprint density at radius 3 is 2.72 bits per heavy atom. The molecule has 1 saturated heterocycles. The van der Waals surface area contributed by atoms with Crippen LogP contribution in [0.15, 0.2) is 18.2 Å². The molecule has 0 bridgehead atoms. The molecule has 0 saturated carbocycles.